The Bertz CT molecular complexity index is 1280. The summed E-state index contributed by atoms with van der Waals surface area (Å²) in [4.78, 5) is 27.5. The Labute approximate surface area is 201 Å². The Morgan fingerprint density at radius 3 is 2.00 bits per heavy atom. The van der Waals surface area contributed by atoms with Gasteiger partial charge in [-0.2, -0.15) is 0 Å². The smallest absolute Gasteiger partial charge is 0.272 e. The molecule has 35 heavy (non-hydrogen) atoms. The lowest BCUT2D eigenvalue weighted by molar-refractivity contribution is -0.337. The van der Waals surface area contributed by atoms with Gasteiger partial charge in [-0.25, -0.2) is 4.39 Å². The molecule has 7 nitrogen and oxygen atoms in total. The molecule has 3 aromatic carbocycles. The highest BCUT2D eigenvalue weighted by Crippen LogP contribution is 2.74. The maximum atomic E-state index is 13.8. The second-order valence-electron chi connectivity index (χ2n) is 9.08. The van der Waals surface area contributed by atoms with Gasteiger partial charge in [-0.15, -0.1) is 0 Å². The molecule has 4 atom stereocenters. The van der Waals surface area contributed by atoms with Crippen molar-refractivity contribution in [1.82, 2.24) is 0 Å². The first-order valence-corrected chi connectivity index (χ1v) is 11.2. The van der Waals surface area contributed by atoms with Crippen LogP contribution in [0.5, 0.6) is 0 Å². The molecule has 180 valence electrons. The third-order valence-electron chi connectivity index (χ3n) is 6.77. The SMILES string of the molecule is CC(C)C1(O)OC(O)(C(=O)c2ccc(F)cc2)C2(c3ccccc3)OC12C(=O)Nc1ccccc1. The Balaban J connectivity index is 1.71. The van der Waals surface area contributed by atoms with Crippen molar-refractivity contribution in [1.29, 1.82) is 0 Å². The molecule has 4 unspecified atom stereocenters. The van der Waals surface area contributed by atoms with Gasteiger partial charge in [0.05, 0.1) is 0 Å². The van der Waals surface area contributed by atoms with Crippen LogP contribution in [0.2, 0.25) is 0 Å². The summed E-state index contributed by atoms with van der Waals surface area (Å²) in [5.41, 5.74) is -3.64. The standard InChI is InChI=1S/C27H24FNO6/c1-17(2)26(32)25(23(31)29-21-11-7-4-8-12-21)24(34-25,19-9-5-3-6-10-19)27(33,35-26)22(30)18-13-15-20(28)16-14-18/h3-17,32-33H,1-2H3,(H,29,31). The van der Waals surface area contributed by atoms with Crippen LogP contribution in [0.15, 0.2) is 84.9 Å². The van der Waals surface area contributed by atoms with Crippen molar-refractivity contribution < 1.29 is 33.7 Å². The molecule has 2 aliphatic rings. The van der Waals surface area contributed by atoms with Crippen molar-refractivity contribution in [3.8, 4) is 0 Å². The maximum absolute atomic E-state index is 13.8. The zero-order chi connectivity index (χ0) is 25.1. The number of benzene rings is 3. The molecular formula is C27H24FNO6. The molecule has 0 saturated carbocycles. The average Bonchev–Trinajstić information content (AvgIpc) is 3.55. The summed E-state index contributed by atoms with van der Waals surface area (Å²) in [5, 5.41) is 26.4. The number of hydrogen-bond donors (Lipinski definition) is 3. The third-order valence-corrected chi connectivity index (χ3v) is 6.77. The van der Waals surface area contributed by atoms with Gasteiger partial charge in [-0.3, -0.25) is 9.59 Å². The fourth-order valence-corrected chi connectivity index (χ4v) is 4.97. The van der Waals surface area contributed by atoms with Gasteiger partial charge in [-0.05, 0) is 42.0 Å². The zero-order valence-electron chi connectivity index (χ0n) is 19.1. The monoisotopic (exact) mass is 477 g/mol. The minimum atomic E-state index is -2.81. The lowest BCUT2D eigenvalue weighted by atomic mass is 9.74. The van der Waals surface area contributed by atoms with Gasteiger partial charge in [0.2, 0.25) is 17.2 Å². The predicted octanol–water partition coefficient (Wildman–Crippen LogP) is 3.38. The average molecular weight is 477 g/mol. The number of Topliss-reactive ketones (excluding diaryl/α,β-unsaturated/α-hetero) is 1. The highest BCUT2D eigenvalue weighted by Gasteiger charge is 2.99. The summed E-state index contributed by atoms with van der Waals surface area (Å²) in [6.45, 7) is 3.17. The van der Waals surface area contributed by atoms with Crippen molar-refractivity contribution in [2.45, 2.75) is 36.6 Å². The minimum Gasteiger partial charge on any atom is -0.362 e. The van der Waals surface area contributed by atoms with Gasteiger partial charge in [0.1, 0.15) is 5.82 Å². The topological polar surface area (TPSA) is 108 Å². The van der Waals surface area contributed by atoms with E-state index >= 15 is 0 Å². The molecule has 3 aromatic rings. The number of carbonyl (C=O) groups excluding carboxylic acids is 2. The number of fused-ring (bicyclic) bond motifs is 1. The summed E-state index contributed by atoms with van der Waals surface area (Å²) in [6, 6.07) is 21.2. The molecule has 2 aliphatic heterocycles. The van der Waals surface area contributed by atoms with Gasteiger partial charge in [0.25, 0.3) is 11.7 Å². The first-order chi connectivity index (χ1) is 16.6. The molecule has 0 aromatic heterocycles. The number of rotatable bonds is 6. The fraction of sp³-hybridized carbons (Fsp3) is 0.259. The molecule has 2 saturated heterocycles. The second-order valence-corrected chi connectivity index (χ2v) is 9.08. The number of carbonyl (C=O) groups is 2. The van der Waals surface area contributed by atoms with Crippen LogP contribution in [-0.2, 0) is 19.9 Å². The Morgan fingerprint density at radius 1 is 0.857 bits per heavy atom. The number of hydrogen-bond acceptors (Lipinski definition) is 6. The summed E-state index contributed by atoms with van der Waals surface area (Å²) in [6.07, 6.45) is 0. The van der Waals surface area contributed by atoms with Crippen LogP contribution in [0.1, 0.15) is 29.8 Å². The predicted molar refractivity (Wildman–Crippen MR) is 124 cm³/mol. The highest BCUT2D eigenvalue weighted by atomic mass is 19.1. The van der Waals surface area contributed by atoms with Gasteiger partial charge < -0.3 is 25.0 Å². The first kappa shape index (κ1) is 23.3. The van der Waals surface area contributed by atoms with Crippen molar-refractivity contribution in [3.05, 3.63) is 102 Å². The van der Waals surface area contributed by atoms with Crippen molar-refractivity contribution in [3.63, 3.8) is 0 Å². The molecule has 0 bridgehead atoms. The molecule has 2 heterocycles. The van der Waals surface area contributed by atoms with E-state index in [4.69, 9.17) is 9.47 Å². The number of halogens is 1. The number of para-hydroxylation sites is 1. The zero-order valence-corrected chi connectivity index (χ0v) is 19.1. The van der Waals surface area contributed by atoms with E-state index in [2.05, 4.69) is 5.32 Å². The number of amides is 1. The van der Waals surface area contributed by atoms with E-state index in [1.54, 1.807) is 74.5 Å². The van der Waals surface area contributed by atoms with E-state index in [1.807, 2.05) is 0 Å². The van der Waals surface area contributed by atoms with Gasteiger partial charge in [0.15, 0.2) is 5.60 Å². The first-order valence-electron chi connectivity index (χ1n) is 11.2. The highest BCUT2D eigenvalue weighted by molar-refractivity contribution is 6.09. The van der Waals surface area contributed by atoms with Crippen LogP contribution in [0, 0.1) is 11.7 Å². The van der Waals surface area contributed by atoms with Gasteiger partial charge >= 0.3 is 0 Å². The summed E-state index contributed by atoms with van der Waals surface area (Å²) in [7, 11) is 0. The number of aliphatic hydroxyl groups is 2. The Hall–Kier alpha value is -3.43. The maximum Gasteiger partial charge on any atom is 0.272 e. The lowest BCUT2D eigenvalue weighted by Crippen LogP contribution is -2.56. The molecule has 3 N–H and O–H groups in total. The van der Waals surface area contributed by atoms with Crippen molar-refractivity contribution in [2.75, 3.05) is 5.32 Å². The van der Waals surface area contributed by atoms with Crippen molar-refractivity contribution in [2.24, 2.45) is 5.92 Å². The summed E-state index contributed by atoms with van der Waals surface area (Å²) < 4.78 is 25.4. The van der Waals surface area contributed by atoms with Crippen LogP contribution in [0.25, 0.3) is 0 Å². The second kappa shape index (κ2) is 7.79. The largest absolute Gasteiger partial charge is 0.362 e. The molecular weight excluding hydrogens is 453 g/mol. The number of ether oxygens (including phenoxy) is 2. The molecule has 5 rings (SSSR count). The number of ketones is 1. The molecule has 0 aliphatic carbocycles. The van der Waals surface area contributed by atoms with Crippen molar-refractivity contribution >= 4 is 17.4 Å². The van der Waals surface area contributed by atoms with Crippen LogP contribution in [0.4, 0.5) is 10.1 Å². The van der Waals surface area contributed by atoms with Crippen LogP contribution < -0.4 is 5.32 Å². The summed E-state index contributed by atoms with van der Waals surface area (Å²) in [5.74, 6) is -8.33. The molecule has 2 fully saturated rings. The van der Waals surface area contributed by atoms with E-state index in [9.17, 15) is 24.2 Å². The van der Waals surface area contributed by atoms with Crippen LogP contribution in [-0.4, -0.2) is 39.1 Å². The molecule has 8 heteroatoms. The van der Waals surface area contributed by atoms with E-state index in [0.717, 1.165) is 12.1 Å². The lowest BCUT2D eigenvalue weighted by Gasteiger charge is -2.36. The Kier molecular flexibility index (Phi) is 5.19. The minimum absolute atomic E-state index is 0.0786. The van der Waals surface area contributed by atoms with E-state index in [-0.39, 0.29) is 11.1 Å². The van der Waals surface area contributed by atoms with Crippen LogP contribution in [0.3, 0.4) is 0 Å². The number of nitrogens with one attached hydrogen (secondary N) is 1. The van der Waals surface area contributed by atoms with Gasteiger partial charge in [-0.1, -0.05) is 62.4 Å². The molecule has 0 spiro atoms. The third kappa shape index (κ3) is 2.98. The Morgan fingerprint density at radius 2 is 1.43 bits per heavy atom. The number of epoxide rings is 1. The van der Waals surface area contributed by atoms with Gasteiger partial charge in [0, 0.05) is 17.2 Å². The van der Waals surface area contributed by atoms with E-state index in [0.29, 0.717) is 5.69 Å². The fourth-order valence-electron chi connectivity index (χ4n) is 4.97. The number of anilines is 1. The normalized spacial score (nSPS) is 31.1. The molecule has 1 amide bonds. The molecule has 0 radical (unpaired) electrons. The summed E-state index contributed by atoms with van der Waals surface area (Å²) >= 11 is 0. The van der Waals surface area contributed by atoms with E-state index < -0.39 is 46.2 Å². The van der Waals surface area contributed by atoms with Crippen LogP contribution >= 0.6 is 0 Å². The van der Waals surface area contributed by atoms with E-state index in [1.165, 1.54) is 12.1 Å². The quantitative estimate of drug-likeness (QED) is 0.371.